The fourth-order valence-electron chi connectivity index (χ4n) is 4.14. The number of amides is 1. The normalized spacial score (nSPS) is 23.3. The van der Waals surface area contributed by atoms with E-state index in [2.05, 4.69) is 4.90 Å². The number of nitrogens with zero attached hydrogens (tertiary/aromatic N) is 2. The maximum Gasteiger partial charge on any atom is 0.307 e. The van der Waals surface area contributed by atoms with E-state index >= 15 is 0 Å². The van der Waals surface area contributed by atoms with Gasteiger partial charge in [0.15, 0.2) is 0 Å². The highest BCUT2D eigenvalue weighted by Crippen LogP contribution is 2.32. The van der Waals surface area contributed by atoms with Crippen LogP contribution in [0.1, 0.15) is 31.2 Å². The smallest absolute Gasteiger partial charge is 0.307 e. The minimum Gasteiger partial charge on any atom is -0.481 e. The van der Waals surface area contributed by atoms with Gasteiger partial charge in [0.05, 0.1) is 25.0 Å². The number of hydrogen-bond acceptors (Lipinski definition) is 4. The molecule has 1 heterocycles. The van der Waals surface area contributed by atoms with Gasteiger partial charge in [-0.15, -0.1) is 0 Å². The molecule has 2 aliphatic rings. The summed E-state index contributed by atoms with van der Waals surface area (Å²) >= 11 is 0. The molecule has 6 nitrogen and oxygen atoms in total. The molecule has 0 aromatic heterocycles. The van der Waals surface area contributed by atoms with Crippen molar-refractivity contribution in [3.63, 3.8) is 0 Å². The molecule has 1 saturated heterocycles. The summed E-state index contributed by atoms with van der Waals surface area (Å²) in [6, 6.07) is 6.45. The van der Waals surface area contributed by atoms with Crippen LogP contribution < -0.4 is 0 Å². The number of carbonyl (C=O) groups excluding carboxylic acids is 1. The van der Waals surface area contributed by atoms with Crippen molar-refractivity contribution in [2.24, 2.45) is 11.8 Å². The van der Waals surface area contributed by atoms with E-state index in [1.165, 1.54) is 6.07 Å². The van der Waals surface area contributed by atoms with Gasteiger partial charge in [-0.25, -0.2) is 4.39 Å². The first-order chi connectivity index (χ1) is 13.6. The first-order valence-electron chi connectivity index (χ1n) is 10.1. The molecule has 1 aliphatic carbocycles. The number of carboxylic acids is 1. The van der Waals surface area contributed by atoms with E-state index in [-0.39, 0.29) is 18.3 Å². The molecule has 154 valence electrons. The Hall–Kier alpha value is -1.99. The third-order valence-corrected chi connectivity index (χ3v) is 5.82. The molecular weight excluding hydrogens is 363 g/mol. The number of carboxylic acid groups (broad SMARTS) is 1. The molecule has 0 bridgehead atoms. The van der Waals surface area contributed by atoms with Crippen molar-refractivity contribution >= 4 is 11.9 Å². The highest BCUT2D eigenvalue weighted by Gasteiger charge is 2.38. The molecule has 0 spiro atoms. The minimum absolute atomic E-state index is 0.163. The number of aliphatic carboxylic acids is 1. The predicted molar refractivity (Wildman–Crippen MR) is 102 cm³/mol. The van der Waals surface area contributed by atoms with Gasteiger partial charge in [0.25, 0.3) is 0 Å². The molecule has 2 atom stereocenters. The Morgan fingerprint density at radius 3 is 2.50 bits per heavy atom. The van der Waals surface area contributed by atoms with Gasteiger partial charge in [-0.05, 0) is 18.9 Å². The molecule has 1 N–H and O–H groups in total. The molecule has 1 amide bonds. The zero-order chi connectivity index (χ0) is 19.9. The van der Waals surface area contributed by atoms with Gasteiger partial charge in [0.1, 0.15) is 5.82 Å². The predicted octanol–water partition coefficient (Wildman–Crippen LogP) is 2.38. The topological polar surface area (TPSA) is 70.1 Å². The van der Waals surface area contributed by atoms with Crippen LogP contribution >= 0.6 is 0 Å². The van der Waals surface area contributed by atoms with Gasteiger partial charge in [-0.3, -0.25) is 14.5 Å². The molecule has 1 aromatic rings. The molecule has 1 saturated carbocycles. The van der Waals surface area contributed by atoms with E-state index in [4.69, 9.17) is 4.74 Å². The summed E-state index contributed by atoms with van der Waals surface area (Å²) < 4.78 is 19.6. The van der Waals surface area contributed by atoms with Gasteiger partial charge in [0.2, 0.25) is 5.91 Å². The second kappa shape index (κ2) is 9.98. The first-order valence-corrected chi connectivity index (χ1v) is 10.1. The molecule has 7 heteroatoms. The lowest BCUT2D eigenvalue weighted by atomic mass is 9.78. The Morgan fingerprint density at radius 1 is 1.14 bits per heavy atom. The Bertz CT molecular complexity index is 678. The van der Waals surface area contributed by atoms with E-state index in [0.29, 0.717) is 44.7 Å². The van der Waals surface area contributed by atoms with Crippen molar-refractivity contribution in [2.45, 2.75) is 32.2 Å². The Kier molecular flexibility index (Phi) is 7.39. The summed E-state index contributed by atoms with van der Waals surface area (Å²) in [5, 5.41) is 9.55. The summed E-state index contributed by atoms with van der Waals surface area (Å²) in [5.41, 5.74) is 0.459. The Balaban J connectivity index is 1.74. The molecule has 1 aliphatic heterocycles. The highest BCUT2D eigenvalue weighted by molar-refractivity contribution is 5.85. The average molecular weight is 392 g/mol. The zero-order valence-electron chi connectivity index (χ0n) is 16.2. The second-order valence-corrected chi connectivity index (χ2v) is 7.64. The summed E-state index contributed by atoms with van der Waals surface area (Å²) in [6.07, 6.45) is 2.81. The van der Waals surface area contributed by atoms with Crippen molar-refractivity contribution < 1.29 is 23.8 Å². The van der Waals surface area contributed by atoms with E-state index < -0.39 is 17.8 Å². The number of benzene rings is 1. The third kappa shape index (κ3) is 5.29. The van der Waals surface area contributed by atoms with Crippen LogP contribution in [0, 0.1) is 17.7 Å². The van der Waals surface area contributed by atoms with Crippen molar-refractivity contribution in [2.75, 3.05) is 39.4 Å². The van der Waals surface area contributed by atoms with Crippen LogP contribution in [-0.4, -0.2) is 66.2 Å². The van der Waals surface area contributed by atoms with Crippen molar-refractivity contribution in [1.29, 1.82) is 0 Å². The van der Waals surface area contributed by atoms with E-state index in [9.17, 15) is 19.1 Å². The second-order valence-electron chi connectivity index (χ2n) is 7.64. The van der Waals surface area contributed by atoms with Crippen molar-refractivity contribution in [3.8, 4) is 0 Å². The zero-order valence-corrected chi connectivity index (χ0v) is 16.2. The van der Waals surface area contributed by atoms with Crippen molar-refractivity contribution in [1.82, 2.24) is 9.80 Å². The number of halogens is 1. The maximum absolute atomic E-state index is 14.2. The summed E-state index contributed by atoms with van der Waals surface area (Å²) in [6.45, 7) is 4.25. The maximum atomic E-state index is 14.2. The summed E-state index contributed by atoms with van der Waals surface area (Å²) in [5.74, 6) is -2.58. The third-order valence-electron chi connectivity index (χ3n) is 5.82. The van der Waals surface area contributed by atoms with Crippen LogP contribution in [0.25, 0.3) is 0 Å². The number of carbonyl (C=O) groups is 2. The number of ether oxygens (including phenoxy) is 1. The lowest BCUT2D eigenvalue weighted by Gasteiger charge is -2.35. The minimum atomic E-state index is -0.905. The van der Waals surface area contributed by atoms with E-state index in [1.807, 2.05) is 0 Å². The summed E-state index contributed by atoms with van der Waals surface area (Å²) in [7, 11) is 0. The number of rotatable bonds is 7. The van der Waals surface area contributed by atoms with Crippen LogP contribution in [0.5, 0.6) is 0 Å². The lowest BCUT2D eigenvalue weighted by molar-refractivity contribution is -0.152. The molecular formula is C21H29FN2O4. The van der Waals surface area contributed by atoms with Gasteiger partial charge in [0, 0.05) is 38.3 Å². The number of hydrogen-bond donors (Lipinski definition) is 1. The molecule has 2 fully saturated rings. The van der Waals surface area contributed by atoms with Gasteiger partial charge in [-0.1, -0.05) is 31.0 Å². The molecule has 1 aromatic carbocycles. The molecule has 2 unspecified atom stereocenters. The quantitative estimate of drug-likeness (QED) is 0.772. The van der Waals surface area contributed by atoms with Crippen molar-refractivity contribution in [3.05, 3.63) is 35.6 Å². The van der Waals surface area contributed by atoms with E-state index in [1.54, 1.807) is 23.1 Å². The molecule has 0 radical (unpaired) electrons. The molecule has 28 heavy (non-hydrogen) atoms. The fraction of sp³-hybridized carbons (Fsp3) is 0.619. The van der Waals surface area contributed by atoms with Crippen LogP contribution in [0.15, 0.2) is 24.3 Å². The van der Waals surface area contributed by atoms with Crippen LogP contribution in [0.4, 0.5) is 4.39 Å². The highest BCUT2D eigenvalue weighted by atomic mass is 19.1. The van der Waals surface area contributed by atoms with Gasteiger partial charge in [-0.2, -0.15) is 0 Å². The van der Waals surface area contributed by atoms with Gasteiger partial charge < -0.3 is 14.7 Å². The van der Waals surface area contributed by atoms with Crippen LogP contribution in [0.3, 0.4) is 0 Å². The SMILES string of the molecule is O=C(O)C1CCCCC1C(=O)N(CCN1CCOCC1)Cc1ccccc1F. The van der Waals surface area contributed by atoms with E-state index in [0.717, 1.165) is 25.9 Å². The fourth-order valence-corrected chi connectivity index (χ4v) is 4.14. The Labute approximate surface area is 165 Å². The average Bonchev–Trinajstić information content (AvgIpc) is 2.72. The van der Waals surface area contributed by atoms with Crippen LogP contribution in [-0.2, 0) is 20.9 Å². The largest absolute Gasteiger partial charge is 0.481 e. The monoisotopic (exact) mass is 392 g/mol. The number of morpholine rings is 1. The van der Waals surface area contributed by atoms with Gasteiger partial charge >= 0.3 is 5.97 Å². The summed E-state index contributed by atoms with van der Waals surface area (Å²) in [4.78, 5) is 28.8. The van der Waals surface area contributed by atoms with Crippen LogP contribution in [0.2, 0.25) is 0 Å². The standard InChI is InChI=1S/C21H29FN2O4/c22-19-8-4-1-5-16(19)15-24(10-9-23-11-13-28-14-12-23)20(25)17-6-2-3-7-18(17)21(26)27/h1,4-5,8,17-18H,2-3,6-7,9-15H2,(H,26,27). The Morgan fingerprint density at radius 2 is 1.82 bits per heavy atom. The first kappa shape index (κ1) is 20.7. The lowest BCUT2D eigenvalue weighted by Crippen LogP contribution is -2.46. The molecule has 3 rings (SSSR count).